The van der Waals surface area contributed by atoms with Crippen LogP contribution < -0.4 is 14.8 Å². The lowest BCUT2D eigenvalue weighted by Crippen LogP contribution is -2.28. The zero-order valence-electron chi connectivity index (χ0n) is 15.6. The topological polar surface area (TPSA) is 86.8 Å². The predicted octanol–water partition coefficient (Wildman–Crippen LogP) is 3.32. The molecule has 3 aromatic rings. The number of hydrogen-bond acceptors (Lipinski definition) is 7. The third kappa shape index (κ3) is 4.38. The molecule has 1 aromatic heterocycles. The molecule has 0 aliphatic carbocycles. The number of esters is 1. The van der Waals surface area contributed by atoms with Gasteiger partial charge < -0.3 is 19.5 Å². The average molecular weight is 410 g/mol. The second-order valence-electron chi connectivity index (χ2n) is 6.34. The molecule has 0 unspecified atom stereocenters. The summed E-state index contributed by atoms with van der Waals surface area (Å²) in [6.07, 6.45) is 0. The third-order valence-electron chi connectivity index (χ3n) is 4.26. The van der Waals surface area contributed by atoms with Crippen LogP contribution in [0.5, 0.6) is 11.5 Å². The maximum Gasteiger partial charge on any atom is 0.350 e. The number of rotatable bonds is 6. The van der Waals surface area contributed by atoms with E-state index in [-0.39, 0.29) is 19.3 Å². The van der Waals surface area contributed by atoms with Crippen LogP contribution in [0.4, 0.5) is 0 Å². The van der Waals surface area contributed by atoms with Gasteiger partial charge in [0.1, 0.15) is 9.88 Å². The van der Waals surface area contributed by atoms with Crippen LogP contribution in [0.25, 0.3) is 10.6 Å². The summed E-state index contributed by atoms with van der Waals surface area (Å²) in [6.45, 7) is 1.88. The Morgan fingerprint density at radius 1 is 1.14 bits per heavy atom. The number of ether oxygens (including phenoxy) is 3. The van der Waals surface area contributed by atoms with E-state index < -0.39 is 5.97 Å². The quantitative estimate of drug-likeness (QED) is 0.628. The number of thiazole rings is 1. The number of hydrogen-bond donors (Lipinski definition) is 1. The predicted molar refractivity (Wildman–Crippen MR) is 107 cm³/mol. The number of carbonyl (C=O) groups excluding carboxylic acids is 2. The van der Waals surface area contributed by atoms with Crippen LogP contribution >= 0.6 is 11.3 Å². The molecule has 29 heavy (non-hydrogen) atoms. The monoisotopic (exact) mass is 410 g/mol. The molecule has 7 nitrogen and oxygen atoms in total. The third-order valence-corrected chi connectivity index (χ3v) is 5.45. The lowest BCUT2D eigenvalue weighted by Gasteiger charge is -2.07. The van der Waals surface area contributed by atoms with Gasteiger partial charge in [-0.1, -0.05) is 36.4 Å². The summed E-state index contributed by atoms with van der Waals surface area (Å²) in [4.78, 5) is 29.2. The molecule has 1 amide bonds. The lowest BCUT2D eigenvalue weighted by molar-refractivity contribution is -0.124. The van der Waals surface area contributed by atoms with Crippen molar-refractivity contribution in [2.24, 2.45) is 0 Å². The number of fused-ring (bicyclic) bond motifs is 1. The van der Waals surface area contributed by atoms with Crippen molar-refractivity contribution >= 4 is 23.2 Å². The van der Waals surface area contributed by atoms with Crippen LogP contribution in [-0.2, 0) is 16.1 Å². The summed E-state index contributed by atoms with van der Waals surface area (Å²) >= 11 is 1.25. The Balaban J connectivity index is 1.30. The fourth-order valence-corrected chi connectivity index (χ4v) is 3.75. The summed E-state index contributed by atoms with van der Waals surface area (Å²) < 4.78 is 15.7. The van der Waals surface area contributed by atoms with E-state index in [0.717, 1.165) is 16.1 Å². The van der Waals surface area contributed by atoms with Gasteiger partial charge >= 0.3 is 5.97 Å². The molecule has 0 radical (unpaired) electrons. The van der Waals surface area contributed by atoms with E-state index in [1.165, 1.54) is 11.3 Å². The normalized spacial score (nSPS) is 11.9. The van der Waals surface area contributed by atoms with E-state index in [1.807, 2.05) is 36.4 Å². The number of aromatic nitrogens is 1. The molecule has 0 saturated carbocycles. The van der Waals surface area contributed by atoms with Gasteiger partial charge in [-0.05, 0) is 24.6 Å². The molecule has 0 spiro atoms. The number of benzene rings is 2. The fourth-order valence-electron chi connectivity index (χ4n) is 2.79. The molecule has 1 aliphatic heterocycles. The zero-order valence-corrected chi connectivity index (χ0v) is 16.5. The van der Waals surface area contributed by atoms with Crippen molar-refractivity contribution in [3.8, 4) is 22.1 Å². The van der Waals surface area contributed by atoms with Gasteiger partial charge in [0.2, 0.25) is 6.79 Å². The Morgan fingerprint density at radius 3 is 2.76 bits per heavy atom. The highest BCUT2D eigenvalue weighted by molar-refractivity contribution is 7.17. The van der Waals surface area contributed by atoms with Crippen molar-refractivity contribution in [2.75, 3.05) is 13.4 Å². The van der Waals surface area contributed by atoms with E-state index in [9.17, 15) is 9.59 Å². The molecule has 4 rings (SSSR count). The molecule has 8 heteroatoms. The van der Waals surface area contributed by atoms with Crippen LogP contribution in [0.3, 0.4) is 0 Å². The minimum absolute atomic E-state index is 0.198. The first-order valence-corrected chi connectivity index (χ1v) is 9.77. The first-order valence-electron chi connectivity index (χ1n) is 8.95. The van der Waals surface area contributed by atoms with Crippen LogP contribution in [0.1, 0.15) is 20.9 Å². The van der Waals surface area contributed by atoms with Crippen molar-refractivity contribution in [3.05, 3.63) is 64.7 Å². The second kappa shape index (κ2) is 8.32. The van der Waals surface area contributed by atoms with Crippen molar-refractivity contribution < 1.29 is 23.8 Å². The summed E-state index contributed by atoms with van der Waals surface area (Å²) in [5.41, 5.74) is 2.38. The summed E-state index contributed by atoms with van der Waals surface area (Å²) in [6, 6.07) is 15.0. The molecule has 1 N–H and O–H groups in total. The molecule has 2 heterocycles. The number of amides is 1. The highest BCUT2D eigenvalue weighted by Crippen LogP contribution is 2.32. The molecule has 0 saturated heterocycles. The smallest absolute Gasteiger partial charge is 0.350 e. The van der Waals surface area contributed by atoms with E-state index in [4.69, 9.17) is 14.2 Å². The number of nitrogens with zero attached hydrogens (tertiary/aromatic N) is 1. The highest BCUT2D eigenvalue weighted by atomic mass is 32.1. The van der Waals surface area contributed by atoms with Gasteiger partial charge in [-0.3, -0.25) is 4.79 Å². The lowest BCUT2D eigenvalue weighted by atomic mass is 10.2. The SMILES string of the molecule is Cc1nc(-c2ccccc2)sc1C(=O)OCC(=O)NCc1ccc2c(c1)OCO2. The van der Waals surface area contributed by atoms with Crippen molar-refractivity contribution in [3.63, 3.8) is 0 Å². The molecule has 2 aromatic carbocycles. The minimum Gasteiger partial charge on any atom is -0.454 e. The van der Waals surface area contributed by atoms with Crippen LogP contribution in [0, 0.1) is 6.92 Å². The maximum absolute atomic E-state index is 12.4. The maximum atomic E-state index is 12.4. The molecule has 148 valence electrons. The van der Waals surface area contributed by atoms with E-state index in [0.29, 0.717) is 28.6 Å². The van der Waals surface area contributed by atoms with Gasteiger partial charge in [0.05, 0.1) is 5.69 Å². The van der Waals surface area contributed by atoms with Crippen molar-refractivity contribution in [1.29, 1.82) is 0 Å². The summed E-state index contributed by atoms with van der Waals surface area (Å²) in [5, 5.41) is 3.46. The summed E-state index contributed by atoms with van der Waals surface area (Å²) in [5.74, 6) is 0.392. The largest absolute Gasteiger partial charge is 0.454 e. The Morgan fingerprint density at radius 2 is 1.93 bits per heavy atom. The fraction of sp³-hybridized carbons (Fsp3) is 0.190. The molecule has 0 fully saturated rings. The standard InChI is InChI=1S/C21H18N2O5S/c1-13-19(29-20(23-13)15-5-3-2-4-6-15)21(25)26-11-18(24)22-10-14-7-8-16-17(9-14)28-12-27-16/h2-9H,10-12H2,1H3,(H,22,24). The van der Waals surface area contributed by atoms with E-state index in [1.54, 1.807) is 19.1 Å². The number of aryl methyl sites for hydroxylation is 1. The zero-order chi connectivity index (χ0) is 20.2. The average Bonchev–Trinajstić information content (AvgIpc) is 3.37. The van der Waals surface area contributed by atoms with Gasteiger partial charge in [-0.25, -0.2) is 9.78 Å². The van der Waals surface area contributed by atoms with Crippen LogP contribution in [0.15, 0.2) is 48.5 Å². The van der Waals surface area contributed by atoms with Crippen LogP contribution in [-0.4, -0.2) is 30.3 Å². The van der Waals surface area contributed by atoms with Gasteiger partial charge in [0.15, 0.2) is 18.1 Å². The summed E-state index contributed by atoms with van der Waals surface area (Å²) in [7, 11) is 0. The van der Waals surface area contributed by atoms with Gasteiger partial charge in [-0.2, -0.15) is 0 Å². The van der Waals surface area contributed by atoms with Crippen LogP contribution in [0.2, 0.25) is 0 Å². The first-order chi connectivity index (χ1) is 14.1. The Labute approximate surface area is 171 Å². The Hall–Kier alpha value is -3.39. The van der Waals surface area contributed by atoms with Gasteiger partial charge in [0.25, 0.3) is 5.91 Å². The first kappa shape index (κ1) is 18.9. The van der Waals surface area contributed by atoms with Gasteiger partial charge in [0, 0.05) is 12.1 Å². The Bertz CT molecular complexity index is 1050. The molecular weight excluding hydrogens is 392 g/mol. The highest BCUT2D eigenvalue weighted by Gasteiger charge is 2.19. The molecule has 1 aliphatic rings. The van der Waals surface area contributed by atoms with Gasteiger partial charge in [-0.15, -0.1) is 11.3 Å². The van der Waals surface area contributed by atoms with Crippen molar-refractivity contribution in [2.45, 2.75) is 13.5 Å². The Kier molecular flexibility index (Phi) is 5.44. The molecule has 0 atom stereocenters. The van der Waals surface area contributed by atoms with E-state index >= 15 is 0 Å². The number of carbonyl (C=O) groups is 2. The molecule has 0 bridgehead atoms. The minimum atomic E-state index is -0.555. The number of nitrogens with one attached hydrogen (secondary N) is 1. The van der Waals surface area contributed by atoms with Crippen molar-refractivity contribution in [1.82, 2.24) is 10.3 Å². The van der Waals surface area contributed by atoms with E-state index in [2.05, 4.69) is 10.3 Å². The second-order valence-corrected chi connectivity index (χ2v) is 7.34. The molecular formula is C21H18N2O5S.